The van der Waals surface area contributed by atoms with Gasteiger partial charge in [0.25, 0.3) is 0 Å². The van der Waals surface area contributed by atoms with E-state index in [0.717, 1.165) is 51.4 Å². The first kappa shape index (κ1) is 17.0. The topological polar surface area (TPSA) is 66.4 Å². The molecule has 4 nitrogen and oxygen atoms in total. The molecular formula is C16H29NO3. The van der Waals surface area contributed by atoms with Gasteiger partial charge in [-0.05, 0) is 31.6 Å². The van der Waals surface area contributed by atoms with E-state index in [2.05, 4.69) is 19.2 Å². The van der Waals surface area contributed by atoms with Gasteiger partial charge in [0.15, 0.2) is 0 Å². The zero-order valence-corrected chi connectivity index (χ0v) is 12.9. The van der Waals surface area contributed by atoms with E-state index in [1.165, 1.54) is 0 Å². The van der Waals surface area contributed by atoms with Crippen molar-refractivity contribution in [1.82, 2.24) is 5.32 Å². The van der Waals surface area contributed by atoms with Crippen molar-refractivity contribution >= 4 is 11.9 Å². The Morgan fingerprint density at radius 3 is 2.40 bits per heavy atom. The number of carbonyl (C=O) groups is 2. The van der Waals surface area contributed by atoms with Crippen LogP contribution in [-0.2, 0) is 9.59 Å². The summed E-state index contributed by atoms with van der Waals surface area (Å²) in [6, 6.07) is 0. The molecule has 0 aromatic rings. The number of amides is 1. The highest BCUT2D eigenvalue weighted by atomic mass is 16.4. The number of hydrogen-bond donors (Lipinski definition) is 2. The highest BCUT2D eigenvalue weighted by Gasteiger charge is 2.35. The molecule has 1 atom stereocenters. The van der Waals surface area contributed by atoms with Crippen LogP contribution in [0.1, 0.15) is 71.6 Å². The molecule has 1 fully saturated rings. The summed E-state index contributed by atoms with van der Waals surface area (Å²) in [6.07, 6.45) is 8.25. The van der Waals surface area contributed by atoms with Gasteiger partial charge in [0.2, 0.25) is 5.91 Å². The smallest absolute Gasteiger partial charge is 0.303 e. The van der Waals surface area contributed by atoms with Crippen molar-refractivity contribution < 1.29 is 14.7 Å². The molecule has 1 aliphatic carbocycles. The van der Waals surface area contributed by atoms with Crippen molar-refractivity contribution in [3.8, 4) is 0 Å². The number of rotatable bonds is 9. The summed E-state index contributed by atoms with van der Waals surface area (Å²) in [6.45, 7) is 4.86. The Morgan fingerprint density at radius 2 is 1.85 bits per heavy atom. The number of aliphatic carboxylic acids is 1. The van der Waals surface area contributed by atoms with E-state index < -0.39 is 5.97 Å². The lowest BCUT2D eigenvalue weighted by molar-refractivity contribution is -0.137. The lowest BCUT2D eigenvalue weighted by Gasteiger charge is -2.23. The van der Waals surface area contributed by atoms with Gasteiger partial charge in [0.1, 0.15) is 0 Å². The summed E-state index contributed by atoms with van der Waals surface area (Å²) in [7, 11) is 0. The molecule has 116 valence electrons. The van der Waals surface area contributed by atoms with Gasteiger partial charge in [-0.2, -0.15) is 0 Å². The van der Waals surface area contributed by atoms with Gasteiger partial charge in [0, 0.05) is 18.4 Å². The van der Waals surface area contributed by atoms with Crippen LogP contribution in [-0.4, -0.2) is 23.5 Å². The Morgan fingerprint density at radius 1 is 1.20 bits per heavy atom. The molecular weight excluding hydrogens is 254 g/mol. The molecule has 2 N–H and O–H groups in total. The largest absolute Gasteiger partial charge is 0.481 e. The summed E-state index contributed by atoms with van der Waals surface area (Å²) >= 11 is 0. The zero-order valence-electron chi connectivity index (χ0n) is 12.9. The molecule has 4 heteroatoms. The van der Waals surface area contributed by atoms with Gasteiger partial charge in [-0.1, -0.05) is 39.5 Å². The molecule has 0 bridgehead atoms. The second-order valence-electron chi connectivity index (χ2n) is 6.40. The maximum Gasteiger partial charge on any atom is 0.303 e. The van der Waals surface area contributed by atoms with E-state index in [1.54, 1.807) is 0 Å². The van der Waals surface area contributed by atoms with Crippen molar-refractivity contribution in [2.45, 2.75) is 71.6 Å². The minimum Gasteiger partial charge on any atom is -0.481 e. The first-order valence-corrected chi connectivity index (χ1v) is 7.98. The van der Waals surface area contributed by atoms with E-state index in [4.69, 9.17) is 5.11 Å². The average molecular weight is 283 g/mol. The van der Waals surface area contributed by atoms with E-state index >= 15 is 0 Å². The van der Waals surface area contributed by atoms with Crippen LogP contribution in [0, 0.1) is 11.3 Å². The fourth-order valence-corrected chi connectivity index (χ4v) is 3.15. The Balaban J connectivity index is 2.28. The first-order valence-electron chi connectivity index (χ1n) is 7.98. The zero-order chi connectivity index (χ0) is 15.0. The summed E-state index contributed by atoms with van der Waals surface area (Å²) in [5.74, 6) is -0.134. The predicted octanol–water partition coefficient (Wildman–Crippen LogP) is 3.35. The van der Waals surface area contributed by atoms with Crippen molar-refractivity contribution in [1.29, 1.82) is 0 Å². The van der Waals surface area contributed by atoms with Gasteiger partial charge in [-0.25, -0.2) is 0 Å². The molecule has 0 aliphatic heterocycles. The van der Waals surface area contributed by atoms with Crippen LogP contribution in [0.5, 0.6) is 0 Å². The molecule has 0 heterocycles. The third-order valence-corrected chi connectivity index (χ3v) is 4.56. The average Bonchev–Trinajstić information content (AvgIpc) is 2.84. The normalized spacial score (nSPS) is 18.7. The summed E-state index contributed by atoms with van der Waals surface area (Å²) in [5.41, 5.74) is -0.165. The highest BCUT2D eigenvalue weighted by Crippen LogP contribution is 2.37. The Labute approximate surface area is 122 Å². The van der Waals surface area contributed by atoms with Gasteiger partial charge < -0.3 is 10.4 Å². The highest BCUT2D eigenvalue weighted by molar-refractivity contribution is 5.82. The number of nitrogens with one attached hydrogen (secondary N) is 1. The molecule has 1 unspecified atom stereocenters. The second-order valence-corrected chi connectivity index (χ2v) is 6.40. The lowest BCUT2D eigenvalue weighted by Crippen LogP contribution is -2.38. The van der Waals surface area contributed by atoms with Crippen LogP contribution in [0.15, 0.2) is 0 Å². The maximum absolute atomic E-state index is 12.2. The van der Waals surface area contributed by atoms with E-state index in [0.29, 0.717) is 12.5 Å². The van der Waals surface area contributed by atoms with Gasteiger partial charge in [0.05, 0.1) is 0 Å². The van der Waals surface area contributed by atoms with Gasteiger partial charge in [-0.15, -0.1) is 0 Å². The second kappa shape index (κ2) is 8.28. The van der Waals surface area contributed by atoms with E-state index in [9.17, 15) is 9.59 Å². The number of carbonyl (C=O) groups excluding carboxylic acids is 1. The molecule has 0 spiro atoms. The fraction of sp³-hybridized carbons (Fsp3) is 0.875. The Kier molecular flexibility index (Phi) is 7.03. The quantitative estimate of drug-likeness (QED) is 0.682. The minimum atomic E-state index is -0.728. The third-order valence-electron chi connectivity index (χ3n) is 4.56. The first-order chi connectivity index (χ1) is 9.48. The van der Waals surface area contributed by atoms with Gasteiger partial charge in [-0.3, -0.25) is 9.59 Å². The Hall–Kier alpha value is -1.06. The third kappa shape index (κ3) is 5.51. The predicted molar refractivity (Wildman–Crippen MR) is 79.5 cm³/mol. The summed E-state index contributed by atoms with van der Waals surface area (Å²) in [4.78, 5) is 22.8. The Bertz CT molecular complexity index is 322. The maximum atomic E-state index is 12.2. The molecule has 20 heavy (non-hydrogen) atoms. The fourth-order valence-electron chi connectivity index (χ4n) is 3.15. The van der Waals surface area contributed by atoms with Crippen LogP contribution in [0.3, 0.4) is 0 Å². The van der Waals surface area contributed by atoms with Crippen LogP contribution in [0.4, 0.5) is 0 Å². The van der Waals surface area contributed by atoms with Crippen molar-refractivity contribution in [2.75, 3.05) is 6.54 Å². The number of carboxylic acid groups (broad SMARTS) is 1. The van der Waals surface area contributed by atoms with Crippen molar-refractivity contribution in [3.05, 3.63) is 0 Å². The van der Waals surface area contributed by atoms with Crippen LogP contribution >= 0.6 is 0 Å². The molecule has 0 radical (unpaired) electrons. The molecule has 1 rings (SSSR count). The van der Waals surface area contributed by atoms with Crippen LogP contribution < -0.4 is 5.32 Å². The van der Waals surface area contributed by atoms with E-state index in [-0.39, 0.29) is 17.7 Å². The van der Waals surface area contributed by atoms with Crippen LogP contribution in [0.2, 0.25) is 0 Å². The molecule has 1 aliphatic rings. The molecule has 0 aromatic heterocycles. The van der Waals surface area contributed by atoms with Gasteiger partial charge >= 0.3 is 5.97 Å². The molecule has 1 saturated carbocycles. The standard InChI is InChI=1S/C16H29NO3/c1-3-6-13(7-8-14(18)19)9-12-17-15(20)16(2)10-4-5-11-16/h13H,3-12H2,1-2H3,(H,17,20)(H,18,19). The number of hydrogen-bond acceptors (Lipinski definition) is 2. The molecule has 0 saturated heterocycles. The molecule has 0 aromatic carbocycles. The van der Waals surface area contributed by atoms with Crippen LogP contribution in [0.25, 0.3) is 0 Å². The lowest BCUT2D eigenvalue weighted by atomic mass is 9.87. The molecule has 1 amide bonds. The SMILES string of the molecule is CCCC(CCNC(=O)C1(C)CCCC1)CCC(=O)O. The number of carboxylic acids is 1. The monoisotopic (exact) mass is 283 g/mol. The van der Waals surface area contributed by atoms with Crippen molar-refractivity contribution in [3.63, 3.8) is 0 Å². The summed E-state index contributed by atoms with van der Waals surface area (Å²) < 4.78 is 0. The summed E-state index contributed by atoms with van der Waals surface area (Å²) in [5, 5.41) is 11.8. The van der Waals surface area contributed by atoms with E-state index in [1.807, 2.05) is 0 Å². The van der Waals surface area contributed by atoms with Crippen molar-refractivity contribution in [2.24, 2.45) is 11.3 Å². The minimum absolute atomic E-state index is 0.165.